The molecular weight excluding hydrogens is 248 g/mol. The molecule has 3 heteroatoms. The van der Waals surface area contributed by atoms with E-state index in [-0.39, 0.29) is 11.9 Å². The molecule has 0 saturated carbocycles. The van der Waals surface area contributed by atoms with E-state index in [0.717, 1.165) is 38.0 Å². The molecule has 1 aliphatic rings. The van der Waals surface area contributed by atoms with Gasteiger partial charge in [-0.25, -0.2) is 0 Å². The van der Waals surface area contributed by atoms with Crippen molar-refractivity contribution >= 4 is 11.6 Å². The highest BCUT2D eigenvalue weighted by atomic mass is 16.2. The van der Waals surface area contributed by atoms with E-state index in [1.807, 2.05) is 17.0 Å². The molecule has 1 aliphatic heterocycles. The third kappa shape index (κ3) is 3.14. The van der Waals surface area contributed by atoms with Crippen LogP contribution in [0.1, 0.15) is 39.2 Å². The molecular formula is C17H26N2O. The summed E-state index contributed by atoms with van der Waals surface area (Å²) >= 11 is 0. The number of carbonyl (C=O) groups excluding carboxylic acids is 1. The summed E-state index contributed by atoms with van der Waals surface area (Å²) in [4.78, 5) is 14.7. The molecule has 1 aromatic rings. The van der Waals surface area contributed by atoms with Gasteiger partial charge in [-0.15, -0.1) is 0 Å². The molecule has 1 heterocycles. The third-order valence-corrected chi connectivity index (χ3v) is 4.40. The van der Waals surface area contributed by atoms with Gasteiger partial charge in [-0.2, -0.15) is 0 Å². The van der Waals surface area contributed by atoms with Gasteiger partial charge in [0.1, 0.15) is 6.04 Å². The Morgan fingerprint density at radius 3 is 2.60 bits per heavy atom. The summed E-state index contributed by atoms with van der Waals surface area (Å²) in [6.45, 7) is 8.16. The van der Waals surface area contributed by atoms with E-state index in [1.54, 1.807) is 0 Å². The first-order chi connectivity index (χ1) is 9.69. The van der Waals surface area contributed by atoms with E-state index >= 15 is 0 Å². The van der Waals surface area contributed by atoms with Crippen molar-refractivity contribution in [3.63, 3.8) is 0 Å². The standard InChI is InChI=1S/C17H26N2O/c1-4-13(5-2)12-19(6-3)17(20)16-11-14-9-7-8-10-15(14)18-16/h7-10,13,16,18H,4-6,11-12H2,1-3H3. The Hall–Kier alpha value is -1.51. The van der Waals surface area contributed by atoms with Gasteiger partial charge in [0.2, 0.25) is 5.91 Å². The molecule has 1 atom stereocenters. The normalized spacial score (nSPS) is 16.9. The molecule has 20 heavy (non-hydrogen) atoms. The van der Waals surface area contributed by atoms with Crippen LogP contribution in [0.25, 0.3) is 0 Å². The number of rotatable bonds is 6. The minimum Gasteiger partial charge on any atom is -0.373 e. The minimum atomic E-state index is -0.0817. The van der Waals surface area contributed by atoms with Gasteiger partial charge in [-0.3, -0.25) is 4.79 Å². The summed E-state index contributed by atoms with van der Waals surface area (Å²) in [5, 5.41) is 3.37. The molecule has 2 rings (SSSR count). The molecule has 0 fully saturated rings. The van der Waals surface area contributed by atoms with Gasteiger partial charge < -0.3 is 10.2 Å². The summed E-state index contributed by atoms with van der Waals surface area (Å²) in [7, 11) is 0. The van der Waals surface area contributed by atoms with E-state index < -0.39 is 0 Å². The number of nitrogens with one attached hydrogen (secondary N) is 1. The van der Waals surface area contributed by atoms with Gasteiger partial charge in [-0.05, 0) is 24.5 Å². The van der Waals surface area contributed by atoms with E-state index in [4.69, 9.17) is 0 Å². The average molecular weight is 274 g/mol. The maximum atomic E-state index is 12.7. The molecule has 1 unspecified atom stereocenters. The molecule has 0 spiro atoms. The zero-order chi connectivity index (χ0) is 14.5. The first-order valence-electron chi connectivity index (χ1n) is 7.82. The molecule has 0 bridgehead atoms. The van der Waals surface area contributed by atoms with Crippen LogP contribution in [0.5, 0.6) is 0 Å². The van der Waals surface area contributed by atoms with E-state index in [2.05, 4.69) is 38.2 Å². The van der Waals surface area contributed by atoms with Crippen LogP contribution in [0, 0.1) is 5.92 Å². The largest absolute Gasteiger partial charge is 0.373 e. The third-order valence-electron chi connectivity index (χ3n) is 4.40. The van der Waals surface area contributed by atoms with Crippen LogP contribution in [0.4, 0.5) is 5.69 Å². The lowest BCUT2D eigenvalue weighted by Gasteiger charge is -2.28. The fourth-order valence-electron chi connectivity index (χ4n) is 2.90. The van der Waals surface area contributed by atoms with Gasteiger partial charge in [-0.1, -0.05) is 44.9 Å². The number of nitrogens with zero attached hydrogens (tertiary/aromatic N) is 1. The van der Waals surface area contributed by atoms with Crippen molar-refractivity contribution in [3.8, 4) is 0 Å². The van der Waals surface area contributed by atoms with Crippen molar-refractivity contribution in [3.05, 3.63) is 29.8 Å². The highest BCUT2D eigenvalue weighted by molar-refractivity contribution is 5.87. The van der Waals surface area contributed by atoms with Crippen LogP contribution in [0.15, 0.2) is 24.3 Å². The van der Waals surface area contributed by atoms with Crippen LogP contribution < -0.4 is 5.32 Å². The number of likely N-dealkylation sites (N-methyl/N-ethyl adjacent to an activating group) is 1. The van der Waals surface area contributed by atoms with Gasteiger partial charge >= 0.3 is 0 Å². The second-order valence-electron chi connectivity index (χ2n) is 5.62. The van der Waals surface area contributed by atoms with Gasteiger partial charge in [0, 0.05) is 25.2 Å². The number of fused-ring (bicyclic) bond motifs is 1. The molecule has 0 saturated heterocycles. The fourth-order valence-corrected chi connectivity index (χ4v) is 2.90. The quantitative estimate of drug-likeness (QED) is 0.863. The lowest BCUT2D eigenvalue weighted by molar-refractivity contribution is -0.132. The lowest BCUT2D eigenvalue weighted by atomic mass is 10.0. The number of carbonyl (C=O) groups is 1. The van der Waals surface area contributed by atoms with Crippen LogP contribution in [0.2, 0.25) is 0 Å². The van der Waals surface area contributed by atoms with E-state index in [1.165, 1.54) is 5.56 Å². The Morgan fingerprint density at radius 2 is 2.00 bits per heavy atom. The molecule has 1 N–H and O–H groups in total. The Balaban J connectivity index is 2.00. The Labute approximate surface area is 122 Å². The van der Waals surface area contributed by atoms with Gasteiger partial charge in [0.25, 0.3) is 0 Å². The Bertz CT molecular complexity index is 429. The smallest absolute Gasteiger partial charge is 0.245 e. The SMILES string of the molecule is CCC(CC)CN(CC)C(=O)C1Cc2ccccc2N1. The van der Waals surface area contributed by atoms with Crippen LogP contribution in [-0.2, 0) is 11.2 Å². The number of hydrogen-bond acceptors (Lipinski definition) is 2. The summed E-state index contributed by atoms with van der Waals surface area (Å²) < 4.78 is 0. The number of benzene rings is 1. The number of amides is 1. The second kappa shape index (κ2) is 6.78. The van der Waals surface area contributed by atoms with Gasteiger partial charge in [0.05, 0.1) is 0 Å². The highest BCUT2D eigenvalue weighted by Gasteiger charge is 2.29. The van der Waals surface area contributed by atoms with Crippen LogP contribution >= 0.6 is 0 Å². The lowest BCUT2D eigenvalue weighted by Crippen LogP contribution is -2.44. The topological polar surface area (TPSA) is 32.3 Å². The second-order valence-corrected chi connectivity index (χ2v) is 5.62. The molecule has 0 aliphatic carbocycles. The molecule has 0 radical (unpaired) electrons. The Kier molecular flexibility index (Phi) is 5.05. The minimum absolute atomic E-state index is 0.0817. The van der Waals surface area contributed by atoms with Crippen LogP contribution in [0.3, 0.4) is 0 Å². The van der Waals surface area contributed by atoms with Crippen molar-refractivity contribution in [2.24, 2.45) is 5.92 Å². The molecule has 1 amide bonds. The molecule has 1 aromatic carbocycles. The van der Waals surface area contributed by atoms with Crippen molar-refractivity contribution in [1.82, 2.24) is 4.90 Å². The van der Waals surface area contributed by atoms with Gasteiger partial charge in [0.15, 0.2) is 0 Å². The highest BCUT2D eigenvalue weighted by Crippen LogP contribution is 2.26. The summed E-state index contributed by atoms with van der Waals surface area (Å²) in [5.41, 5.74) is 2.37. The first kappa shape index (κ1) is 14.9. The molecule has 110 valence electrons. The van der Waals surface area contributed by atoms with Crippen molar-refractivity contribution in [2.45, 2.75) is 46.1 Å². The van der Waals surface area contributed by atoms with E-state index in [0.29, 0.717) is 5.92 Å². The zero-order valence-corrected chi connectivity index (χ0v) is 12.9. The van der Waals surface area contributed by atoms with Crippen molar-refractivity contribution < 1.29 is 4.79 Å². The maximum absolute atomic E-state index is 12.7. The maximum Gasteiger partial charge on any atom is 0.245 e. The fraction of sp³-hybridized carbons (Fsp3) is 0.588. The van der Waals surface area contributed by atoms with Crippen LogP contribution in [-0.4, -0.2) is 29.9 Å². The molecule has 3 nitrogen and oxygen atoms in total. The Morgan fingerprint density at radius 1 is 1.30 bits per heavy atom. The zero-order valence-electron chi connectivity index (χ0n) is 12.9. The number of anilines is 1. The van der Waals surface area contributed by atoms with Crippen molar-refractivity contribution in [2.75, 3.05) is 18.4 Å². The monoisotopic (exact) mass is 274 g/mol. The average Bonchev–Trinajstić information content (AvgIpc) is 2.92. The summed E-state index contributed by atoms with van der Waals surface area (Å²) in [6.07, 6.45) is 3.09. The predicted octanol–water partition coefficient (Wildman–Crippen LogP) is 3.31. The van der Waals surface area contributed by atoms with Crippen molar-refractivity contribution in [1.29, 1.82) is 0 Å². The summed E-state index contributed by atoms with van der Waals surface area (Å²) in [6, 6.07) is 8.13. The van der Waals surface area contributed by atoms with E-state index in [9.17, 15) is 4.79 Å². The summed E-state index contributed by atoms with van der Waals surface area (Å²) in [5.74, 6) is 0.860. The predicted molar refractivity (Wildman–Crippen MR) is 83.9 cm³/mol. The number of para-hydroxylation sites is 1. The number of hydrogen-bond donors (Lipinski definition) is 1. The first-order valence-corrected chi connectivity index (χ1v) is 7.82. The molecule has 0 aromatic heterocycles.